The van der Waals surface area contributed by atoms with Crippen LogP contribution in [0.4, 0.5) is 14.9 Å². The molecule has 1 aromatic heterocycles. The zero-order valence-corrected chi connectivity index (χ0v) is 19.9. The van der Waals surface area contributed by atoms with Crippen molar-refractivity contribution in [1.82, 2.24) is 15.2 Å². The molecule has 3 amide bonds. The van der Waals surface area contributed by atoms with Crippen LogP contribution in [0.2, 0.25) is 0 Å². The summed E-state index contributed by atoms with van der Waals surface area (Å²) in [6.45, 7) is 5.94. The van der Waals surface area contributed by atoms with Gasteiger partial charge in [-0.3, -0.25) is 4.79 Å². The van der Waals surface area contributed by atoms with Gasteiger partial charge in [0.1, 0.15) is 16.5 Å². The third kappa shape index (κ3) is 7.12. The second-order valence-electron chi connectivity index (χ2n) is 8.16. The van der Waals surface area contributed by atoms with E-state index in [4.69, 9.17) is 0 Å². The highest BCUT2D eigenvalue weighted by atomic mass is 32.1. The van der Waals surface area contributed by atoms with Crippen LogP contribution in [0, 0.1) is 5.82 Å². The van der Waals surface area contributed by atoms with E-state index in [1.54, 1.807) is 22.4 Å². The number of hydrogen-bond donors (Lipinski definition) is 2. The molecule has 2 N–H and O–H groups in total. The van der Waals surface area contributed by atoms with E-state index in [-0.39, 0.29) is 30.2 Å². The average Bonchev–Trinajstić information content (AvgIpc) is 3.27. The van der Waals surface area contributed by atoms with Crippen LogP contribution in [0.1, 0.15) is 48.3 Å². The number of halogens is 1. The minimum Gasteiger partial charge on any atom is -0.348 e. The molecule has 0 aliphatic carbocycles. The number of urea groups is 1. The lowest BCUT2D eigenvalue weighted by Gasteiger charge is -2.26. The Labute approximate surface area is 197 Å². The topological polar surface area (TPSA) is 74.3 Å². The second-order valence-corrected chi connectivity index (χ2v) is 9.10. The summed E-state index contributed by atoms with van der Waals surface area (Å²) in [6, 6.07) is 15.6. The summed E-state index contributed by atoms with van der Waals surface area (Å²) in [5, 5.41) is 7.92. The van der Waals surface area contributed by atoms with Crippen LogP contribution in [0.15, 0.2) is 60.0 Å². The van der Waals surface area contributed by atoms with Crippen LogP contribution in [0.25, 0.3) is 0 Å². The average molecular weight is 469 g/mol. The maximum absolute atomic E-state index is 13.9. The zero-order chi connectivity index (χ0) is 23.8. The number of benzene rings is 2. The minimum atomic E-state index is -0.496. The number of carbonyl (C=O) groups is 2. The van der Waals surface area contributed by atoms with Crippen molar-refractivity contribution in [2.75, 3.05) is 5.32 Å². The van der Waals surface area contributed by atoms with Gasteiger partial charge < -0.3 is 15.5 Å². The van der Waals surface area contributed by atoms with Crippen molar-refractivity contribution < 1.29 is 14.0 Å². The highest BCUT2D eigenvalue weighted by molar-refractivity contribution is 7.09. The van der Waals surface area contributed by atoms with E-state index < -0.39 is 11.8 Å². The predicted octanol–water partition coefficient (Wildman–Crippen LogP) is 5.48. The van der Waals surface area contributed by atoms with Crippen LogP contribution >= 0.6 is 11.3 Å². The van der Waals surface area contributed by atoms with Crippen LogP contribution in [-0.2, 0) is 13.0 Å². The quantitative estimate of drug-likeness (QED) is 0.437. The van der Waals surface area contributed by atoms with Crippen molar-refractivity contribution >= 4 is 29.0 Å². The standard InChI is InChI=1S/C25H29FN4O2S/c1-17(2)30(25(32)29-21-12-8-7-11-20(21)26)15-23-28-22(16-33-23)24(31)27-18(3)13-14-19-9-5-4-6-10-19/h4-12,16-18H,13-15H2,1-3H3,(H,27,31)(H,29,32). The largest absolute Gasteiger partial charge is 0.348 e. The summed E-state index contributed by atoms with van der Waals surface area (Å²) >= 11 is 1.32. The van der Waals surface area contributed by atoms with E-state index in [9.17, 15) is 14.0 Å². The normalized spacial score (nSPS) is 11.8. The van der Waals surface area contributed by atoms with Gasteiger partial charge in [-0.2, -0.15) is 0 Å². The maximum atomic E-state index is 13.9. The Morgan fingerprint density at radius 2 is 1.76 bits per heavy atom. The number of hydrogen-bond acceptors (Lipinski definition) is 4. The molecule has 6 nitrogen and oxygen atoms in total. The molecule has 174 valence electrons. The predicted molar refractivity (Wildman–Crippen MR) is 130 cm³/mol. The number of nitrogens with one attached hydrogen (secondary N) is 2. The Kier molecular flexibility index (Phi) is 8.54. The summed E-state index contributed by atoms with van der Waals surface area (Å²) in [7, 11) is 0. The van der Waals surface area contributed by atoms with Crippen molar-refractivity contribution in [3.05, 3.63) is 82.1 Å². The van der Waals surface area contributed by atoms with Gasteiger partial charge in [-0.25, -0.2) is 14.2 Å². The summed E-state index contributed by atoms with van der Waals surface area (Å²) in [5.41, 5.74) is 1.69. The van der Waals surface area contributed by atoms with E-state index in [2.05, 4.69) is 27.8 Å². The van der Waals surface area contributed by atoms with Crippen LogP contribution < -0.4 is 10.6 Å². The van der Waals surface area contributed by atoms with Gasteiger partial charge in [0.15, 0.2) is 0 Å². The lowest BCUT2D eigenvalue weighted by atomic mass is 10.1. The number of thiazole rings is 1. The molecular weight excluding hydrogens is 439 g/mol. The Morgan fingerprint density at radius 3 is 2.45 bits per heavy atom. The van der Waals surface area contributed by atoms with Gasteiger partial charge >= 0.3 is 6.03 Å². The molecule has 0 radical (unpaired) electrons. The third-order valence-electron chi connectivity index (χ3n) is 5.18. The summed E-state index contributed by atoms with van der Waals surface area (Å²) in [5.74, 6) is -0.728. The summed E-state index contributed by atoms with van der Waals surface area (Å²) in [6.07, 6.45) is 1.70. The highest BCUT2D eigenvalue weighted by Gasteiger charge is 2.21. The smallest absolute Gasteiger partial charge is 0.322 e. The first-order valence-electron chi connectivity index (χ1n) is 10.9. The van der Waals surface area contributed by atoms with Crippen LogP contribution in [0.3, 0.4) is 0 Å². The van der Waals surface area contributed by atoms with Gasteiger partial charge in [0, 0.05) is 17.5 Å². The molecule has 0 aliphatic rings. The number of anilines is 1. The Balaban J connectivity index is 1.56. The summed E-state index contributed by atoms with van der Waals surface area (Å²) < 4.78 is 13.9. The molecule has 33 heavy (non-hydrogen) atoms. The fraction of sp³-hybridized carbons (Fsp3) is 0.320. The lowest BCUT2D eigenvalue weighted by Crippen LogP contribution is -2.39. The Morgan fingerprint density at radius 1 is 1.06 bits per heavy atom. The first-order valence-corrected chi connectivity index (χ1v) is 11.8. The van der Waals surface area contributed by atoms with Crippen molar-refractivity contribution in [3.63, 3.8) is 0 Å². The fourth-order valence-corrected chi connectivity index (χ4v) is 4.04. The molecule has 1 heterocycles. The van der Waals surface area contributed by atoms with E-state index >= 15 is 0 Å². The molecular formula is C25H29FN4O2S. The number of aromatic nitrogens is 1. The van der Waals surface area contributed by atoms with Crippen molar-refractivity contribution in [1.29, 1.82) is 0 Å². The number of para-hydroxylation sites is 1. The van der Waals surface area contributed by atoms with Crippen molar-refractivity contribution in [2.45, 2.75) is 52.2 Å². The van der Waals surface area contributed by atoms with Gasteiger partial charge in [-0.1, -0.05) is 42.5 Å². The van der Waals surface area contributed by atoms with E-state index in [0.717, 1.165) is 12.8 Å². The third-order valence-corrected chi connectivity index (χ3v) is 6.01. The molecule has 2 aromatic carbocycles. The molecule has 0 saturated carbocycles. The van der Waals surface area contributed by atoms with Crippen molar-refractivity contribution in [3.8, 4) is 0 Å². The molecule has 3 rings (SSSR count). The van der Waals surface area contributed by atoms with Gasteiger partial charge in [0.2, 0.25) is 0 Å². The fourth-order valence-electron chi connectivity index (χ4n) is 3.27. The highest BCUT2D eigenvalue weighted by Crippen LogP contribution is 2.18. The first-order chi connectivity index (χ1) is 15.8. The molecule has 0 fully saturated rings. The second kappa shape index (κ2) is 11.6. The molecule has 1 unspecified atom stereocenters. The number of rotatable bonds is 9. The van der Waals surface area contributed by atoms with Crippen molar-refractivity contribution in [2.24, 2.45) is 0 Å². The lowest BCUT2D eigenvalue weighted by molar-refractivity contribution is 0.0934. The molecule has 3 aromatic rings. The SMILES string of the molecule is CC(CCc1ccccc1)NC(=O)c1csc(CN(C(=O)Nc2ccccc2F)C(C)C)n1. The Bertz CT molecular complexity index is 1070. The molecule has 0 bridgehead atoms. The first kappa shape index (κ1) is 24.4. The van der Waals surface area contributed by atoms with Gasteiger partial charge in [0.05, 0.1) is 12.2 Å². The van der Waals surface area contributed by atoms with Gasteiger partial charge in [0.25, 0.3) is 5.91 Å². The number of aryl methyl sites for hydroxylation is 1. The van der Waals surface area contributed by atoms with Gasteiger partial charge in [-0.05, 0) is 51.3 Å². The molecule has 0 saturated heterocycles. The Hall–Kier alpha value is -3.26. The van der Waals surface area contributed by atoms with E-state index in [1.165, 1.54) is 29.0 Å². The molecule has 8 heteroatoms. The van der Waals surface area contributed by atoms with Crippen LogP contribution in [0.5, 0.6) is 0 Å². The van der Waals surface area contributed by atoms with Gasteiger partial charge in [-0.15, -0.1) is 11.3 Å². The van der Waals surface area contributed by atoms with E-state index in [0.29, 0.717) is 10.7 Å². The minimum absolute atomic E-state index is 0.00145. The number of nitrogens with zero attached hydrogens (tertiary/aromatic N) is 2. The van der Waals surface area contributed by atoms with E-state index in [1.807, 2.05) is 39.0 Å². The van der Waals surface area contributed by atoms with Crippen LogP contribution in [-0.4, -0.2) is 33.9 Å². The monoisotopic (exact) mass is 468 g/mol. The molecule has 0 aliphatic heterocycles. The zero-order valence-electron chi connectivity index (χ0n) is 19.0. The number of carbonyl (C=O) groups excluding carboxylic acids is 2. The molecule has 1 atom stereocenters. The summed E-state index contributed by atoms with van der Waals surface area (Å²) in [4.78, 5) is 31.3. The number of amides is 3. The molecule has 0 spiro atoms. The maximum Gasteiger partial charge on any atom is 0.322 e.